The number of rotatable bonds is 5. The Hall–Kier alpha value is -2.80. The third-order valence-electron chi connectivity index (χ3n) is 5.93. The summed E-state index contributed by atoms with van der Waals surface area (Å²) in [5.41, 5.74) is 3.06. The van der Waals surface area contributed by atoms with Crippen LogP contribution in [0.1, 0.15) is 54.6 Å². The van der Waals surface area contributed by atoms with Gasteiger partial charge in [-0.25, -0.2) is 0 Å². The number of aromatic nitrogens is 3. The second-order valence-electron chi connectivity index (χ2n) is 9.09. The van der Waals surface area contributed by atoms with Crippen molar-refractivity contribution in [2.75, 3.05) is 12.4 Å². The number of aryl methyl sites for hydroxylation is 1. The second kappa shape index (κ2) is 8.38. The summed E-state index contributed by atoms with van der Waals surface area (Å²) in [6.45, 7) is 7.23. The Morgan fingerprint density at radius 2 is 2.19 bits per heavy atom. The van der Waals surface area contributed by atoms with E-state index in [2.05, 4.69) is 36.3 Å². The molecule has 4 rings (SSSR count). The van der Waals surface area contributed by atoms with Crippen molar-refractivity contribution >= 4 is 23.2 Å². The van der Waals surface area contributed by atoms with Gasteiger partial charge >= 0.3 is 0 Å². The minimum Gasteiger partial charge on any atom is -0.495 e. The Labute approximate surface area is 186 Å². The normalized spacial score (nSPS) is 16.1. The molecule has 31 heavy (non-hydrogen) atoms. The molecule has 0 bridgehead atoms. The molecule has 0 saturated carbocycles. The van der Waals surface area contributed by atoms with Crippen LogP contribution in [0, 0.1) is 11.3 Å². The maximum atomic E-state index is 12.9. The first kappa shape index (κ1) is 21.4. The third kappa shape index (κ3) is 4.61. The highest BCUT2D eigenvalue weighted by Crippen LogP contribution is 2.38. The van der Waals surface area contributed by atoms with Crippen LogP contribution in [-0.2, 0) is 19.4 Å². The molecule has 2 heterocycles. The number of halogens is 1. The highest BCUT2D eigenvalue weighted by atomic mass is 35.5. The molecule has 1 atom stereocenters. The molecule has 1 N–H and O–H groups in total. The number of amides is 1. The lowest BCUT2D eigenvalue weighted by Crippen LogP contribution is -2.27. The summed E-state index contributed by atoms with van der Waals surface area (Å²) < 4.78 is 12.4. The molecule has 0 spiro atoms. The van der Waals surface area contributed by atoms with Crippen LogP contribution in [0.25, 0.3) is 0 Å². The number of methoxy groups -OCH3 is 1. The smallest absolute Gasteiger partial charge is 0.278 e. The van der Waals surface area contributed by atoms with Gasteiger partial charge in [0.25, 0.3) is 5.91 Å². The standard InChI is InChI=1S/C23H27ClN4O3/c1-23(2,3)15-6-8-19-17(10-15)21(27-31-19)22(29)26-16-11-25-28(13-16)12-14-5-7-20(30-4)18(24)9-14/h5,7,9,11,13,15H,6,8,10,12H2,1-4H3,(H,26,29). The van der Waals surface area contributed by atoms with Gasteiger partial charge < -0.3 is 14.6 Å². The number of nitrogens with zero attached hydrogens (tertiary/aromatic N) is 3. The summed E-state index contributed by atoms with van der Waals surface area (Å²) in [5.74, 6) is 1.68. The first-order valence-corrected chi connectivity index (χ1v) is 10.8. The number of fused-ring (bicyclic) bond motifs is 1. The van der Waals surface area contributed by atoms with E-state index in [0.717, 1.165) is 36.1 Å². The van der Waals surface area contributed by atoms with Gasteiger partial charge in [-0.15, -0.1) is 0 Å². The van der Waals surface area contributed by atoms with Crippen molar-refractivity contribution in [3.8, 4) is 5.75 Å². The van der Waals surface area contributed by atoms with Crippen molar-refractivity contribution < 1.29 is 14.1 Å². The Morgan fingerprint density at radius 3 is 2.90 bits per heavy atom. The zero-order chi connectivity index (χ0) is 22.2. The van der Waals surface area contributed by atoms with Crippen LogP contribution in [0.5, 0.6) is 5.75 Å². The Bertz CT molecular complexity index is 1100. The molecule has 1 aliphatic rings. The molecular weight excluding hydrogens is 416 g/mol. The van der Waals surface area contributed by atoms with Gasteiger partial charge in [0.2, 0.25) is 0 Å². The van der Waals surface area contributed by atoms with E-state index in [1.54, 1.807) is 24.2 Å². The zero-order valence-corrected chi connectivity index (χ0v) is 19.0. The van der Waals surface area contributed by atoms with E-state index in [1.165, 1.54) is 0 Å². The van der Waals surface area contributed by atoms with Gasteiger partial charge in [0.1, 0.15) is 11.5 Å². The van der Waals surface area contributed by atoms with E-state index in [9.17, 15) is 4.79 Å². The van der Waals surface area contributed by atoms with Gasteiger partial charge in [-0.05, 0) is 41.9 Å². The first-order chi connectivity index (χ1) is 14.7. The molecule has 7 nitrogen and oxygen atoms in total. The molecule has 1 aliphatic carbocycles. The number of hydrogen-bond donors (Lipinski definition) is 1. The van der Waals surface area contributed by atoms with Crippen LogP contribution < -0.4 is 10.1 Å². The minimum absolute atomic E-state index is 0.175. The van der Waals surface area contributed by atoms with Crippen molar-refractivity contribution in [1.82, 2.24) is 14.9 Å². The van der Waals surface area contributed by atoms with Crippen LogP contribution in [0.2, 0.25) is 5.02 Å². The average Bonchev–Trinajstić information content (AvgIpc) is 3.33. The average molecular weight is 443 g/mol. The van der Waals surface area contributed by atoms with Crippen LogP contribution in [-0.4, -0.2) is 28.0 Å². The van der Waals surface area contributed by atoms with E-state index in [4.69, 9.17) is 20.9 Å². The maximum Gasteiger partial charge on any atom is 0.278 e. The highest BCUT2D eigenvalue weighted by molar-refractivity contribution is 6.32. The lowest BCUT2D eigenvalue weighted by atomic mass is 9.71. The minimum atomic E-state index is -0.272. The largest absolute Gasteiger partial charge is 0.495 e. The van der Waals surface area contributed by atoms with Crippen LogP contribution in [0.15, 0.2) is 35.1 Å². The van der Waals surface area contributed by atoms with E-state index in [-0.39, 0.29) is 11.3 Å². The maximum absolute atomic E-state index is 12.9. The summed E-state index contributed by atoms with van der Waals surface area (Å²) in [5, 5.41) is 11.8. The summed E-state index contributed by atoms with van der Waals surface area (Å²) in [6.07, 6.45) is 6.07. The van der Waals surface area contributed by atoms with Gasteiger partial charge in [0.05, 0.1) is 30.6 Å². The van der Waals surface area contributed by atoms with E-state index in [1.807, 2.05) is 18.2 Å². The third-order valence-corrected chi connectivity index (χ3v) is 6.23. The van der Waals surface area contributed by atoms with Crippen molar-refractivity contribution in [1.29, 1.82) is 0 Å². The fourth-order valence-electron chi connectivity index (χ4n) is 4.02. The highest BCUT2D eigenvalue weighted by Gasteiger charge is 2.34. The molecule has 164 valence electrons. The lowest BCUT2D eigenvalue weighted by Gasteiger charge is -2.33. The van der Waals surface area contributed by atoms with Crippen molar-refractivity contribution in [3.05, 3.63) is 58.2 Å². The number of benzene rings is 1. The van der Waals surface area contributed by atoms with Gasteiger partial charge in [-0.1, -0.05) is 43.6 Å². The zero-order valence-electron chi connectivity index (χ0n) is 18.2. The summed E-state index contributed by atoms with van der Waals surface area (Å²) in [4.78, 5) is 12.9. The molecule has 8 heteroatoms. The van der Waals surface area contributed by atoms with Crippen LogP contribution in [0.4, 0.5) is 5.69 Å². The molecule has 3 aromatic rings. The van der Waals surface area contributed by atoms with Gasteiger partial charge in [-0.2, -0.15) is 5.10 Å². The van der Waals surface area contributed by atoms with Crippen LogP contribution >= 0.6 is 11.6 Å². The number of carbonyl (C=O) groups excluding carboxylic acids is 1. The predicted octanol–water partition coefficient (Wildman–Crippen LogP) is 4.98. The summed E-state index contributed by atoms with van der Waals surface area (Å²) in [7, 11) is 1.58. The number of anilines is 1. The van der Waals surface area contributed by atoms with Gasteiger partial charge in [0.15, 0.2) is 5.69 Å². The monoisotopic (exact) mass is 442 g/mol. The quantitative estimate of drug-likeness (QED) is 0.602. The van der Waals surface area contributed by atoms with Crippen LogP contribution in [0.3, 0.4) is 0 Å². The van der Waals surface area contributed by atoms with Crippen molar-refractivity contribution in [2.24, 2.45) is 11.3 Å². The van der Waals surface area contributed by atoms with E-state index >= 15 is 0 Å². The first-order valence-electron chi connectivity index (χ1n) is 10.4. The Kier molecular flexibility index (Phi) is 5.79. The second-order valence-corrected chi connectivity index (χ2v) is 9.50. The lowest BCUT2D eigenvalue weighted by molar-refractivity contribution is 0.101. The number of ether oxygens (including phenoxy) is 1. The Balaban J connectivity index is 1.45. The summed E-state index contributed by atoms with van der Waals surface area (Å²) >= 11 is 6.20. The molecular formula is C23H27ClN4O3. The van der Waals surface area contributed by atoms with Crippen molar-refractivity contribution in [2.45, 2.75) is 46.6 Å². The van der Waals surface area contributed by atoms with Gasteiger partial charge in [-0.3, -0.25) is 9.48 Å². The fraction of sp³-hybridized carbons (Fsp3) is 0.435. The number of nitrogens with one attached hydrogen (secondary N) is 1. The predicted molar refractivity (Wildman–Crippen MR) is 119 cm³/mol. The number of hydrogen-bond acceptors (Lipinski definition) is 5. The van der Waals surface area contributed by atoms with Crippen molar-refractivity contribution in [3.63, 3.8) is 0 Å². The molecule has 0 fully saturated rings. The molecule has 1 amide bonds. The Morgan fingerprint density at radius 1 is 1.39 bits per heavy atom. The van der Waals surface area contributed by atoms with E-state index < -0.39 is 0 Å². The summed E-state index contributed by atoms with van der Waals surface area (Å²) in [6, 6.07) is 5.59. The van der Waals surface area contributed by atoms with Gasteiger partial charge in [0, 0.05) is 18.2 Å². The molecule has 0 saturated heterocycles. The molecule has 0 aliphatic heterocycles. The molecule has 1 aromatic carbocycles. The molecule has 2 aromatic heterocycles. The molecule has 0 radical (unpaired) electrons. The van der Waals surface area contributed by atoms with E-state index in [0.29, 0.717) is 34.6 Å². The SMILES string of the molecule is COc1ccc(Cn2cc(NC(=O)c3noc4c3CC(C(C)(C)C)CC4)cn2)cc1Cl. The fourth-order valence-corrected chi connectivity index (χ4v) is 4.30. The topological polar surface area (TPSA) is 82.2 Å². The molecule has 1 unspecified atom stereocenters. The number of carbonyl (C=O) groups is 1.